The van der Waals surface area contributed by atoms with Crippen molar-refractivity contribution in [2.45, 2.75) is 65.5 Å². The van der Waals surface area contributed by atoms with Gasteiger partial charge in [0, 0.05) is 18.0 Å². The van der Waals surface area contributed by atoms with Crippen LogP contribution in [0, 0.1) is 0 Å². The quantitative estimate of drug-likeness (QED) is 0.793. The van der Waals surface area contributed by atoms with Crippen LogP contribution >= 0.6 is 0 Å². The Morgan fingerprint density at radius 1 is 1.41 bits per heavy atom. The van der Waals surface area contributed by atoms with Crippen molar-refractivity contribution in [3.05, 3.63) is 12.2 Å². The SMILES string of the molecule is CCCn1ncnc1C(C)(C)CC(C)NCC. The molecule has 0 fully saturated rings. The van der Waals surface area contributed by atoms with Crippen molar-refractivity contribution in [2.24, 2.45) is 0 Å². The van der Waals surface area contributed by atoms with Crippen molar-refractivity contribution in [2.75, 3.05) is 6.54 Å². The smallest absolute Gasteiger partial charge is 0.138 e. The summed E-state index contributed by atoms with van der Waals surface area (Å²) in [6.45, 7) is 13.0. The van der Waals surface area contributed by atoms with E-state index in [0.717, 1.165) is 31.8 Å². The highest BCUT2D eigenvalue weighted by atomic mass is 15.3. The Bertz CT molecular complexity index is 330. The van der Waals surface area contributed by atoms with E-state index in [2.05, 4.69) is 50.0 Å². The van der Waals surface area contributed by atoms with E-state index in [1.54, 1.807) is 6.33 Å². The molecule has 1 atom stereocenters. The van der Waals surface area contributed by atoms with E-state index >= 15 is 0 Å². The van der Waals surface area contributed by atoms with Gasteiger partial charge in [-0.2, -0.15) is 5.10 Å². The Kier molecular flexibility index (Phi) is 5.12. The summed E-state index contributed by atoms with van der Waals surface area (Å²) in [5.41, 5.74) is 0.0628. The van der Waals surface area contributed by atoms with Crippen LogP contribution in [0.3, 0.4) is 0 Å². The molecule has 4 nitrogen and oxygen atoms in total. The third-order valence-electron chi connectivity index (χ3n) is 3.03. The van der Waals surface area contributed by atoms with E-state index in [1.807, 2.05) is 4.68 Å². The minimum atomic E-state index is 0.0628. The Hall–Kier alpha value is -0.900. The Balaban J connectivity index is 2.77. The standard InChI is InChI=1S/C13H26N4/c1-6-8-17-12(15-10-16-17)13(4,5)9-11(3)14-7-2/h10-11,14H,6-9H2,1-5H3. The Morgan fingerprint density at radius 2 is 2.12 bits per heavy atom. The first-order chi connectivity index (χ1) is 8.01. The Morgan fingerprint density at radius 3 is 2.71 bits per heavy atom. The molecular weight excluding hydrogens is 212 g/mol. The lowest BCUT2D eigenvalue weighted by atomic mass is 9.85. The van der Waals surface area contributed by atoms with Crippen LogP contribution in [0.15, 0.2) is 6.33 Å². The van der Waals surface area contributed by atoms with Gasteiger partial charge in [0.05, 0.1) is 0 Å². The van der Waals surface area contributed by atoms with E-state index in [9.17, 15) is 0 Å². The number of nitrogens with zero attached hydrogens (tertiary/aromatic N) is 3. The van der Waals surface area contributed by atoms with Crippen LogP contribution in [0.5, 0.6) is 0 Å². The molecule has 0 aromatic carbocycles. The van der Waals surface area contributed by atoms with E-state index in [4.69, 9.17) is 0 Å². The molecule has 0 aliphatic carbocycles. The van der Waals surface area contributed by atoms with Crippen LogP contribution in [0.2, 0.25) is 0 Å². The topological polar surface area (TPSA) is 42.7 Å². The van der Waals surface area contributed by atoms with Gasteiger partial charge in [0.2, 0.25) is 0 Å². The van der Waals surface area contributed by atoms with Crippen molar-refractivity contribution in [3.63, 3.8) is 0 Å². The van der Waals surface area contributed by atoms with Gasteiger partial charge in [-0.15, -0.1) is 0 Å². The monoisotopic (exact) mass is 238 g/mol. The normalized spacial score (nSPS) is 13.9. The zero-order valence-corrected chi connectivity index (χ0v) is 11.8. The predicted octanol–water partition coefficient (Wildman–Crippen LogP) is 2.35. The highest BCUT2D eigenvalue weighted by Gasteiger charge is 2.28. The number of hydrogen-bond acceptors (Lipinski definition) is 3. The number of aryl methyl sites for hydroxylation is 1. The van der Waals surface area contributed by atoms with Gasteiger partial charge < -0.3 is 5.32 Å². The number of rotatable bonds is 7. The van der Waals surface area contributed by atoms with Gasteiger partial charge in [0.25, 0.3) is 0 Å². The molecule has 0 amide bonds. The van der Waals surface area contributed by atoms with Gasteiger partial charge >= 0.3 is 0 Å². The molecule has 1 aromatic rings. The second kappa shape index (κ2) is 6.15. The fourth-order valence-corrected chi connectivity index (χ4v) is 2.44. The van der Waals surface area contributed by atoms with Crippen LogP contribution in [0.4, 0.5) is 0 Å². The summed E-state index contributed by atoms with van der Waals surface area (Å²) >= 11 is 0. The highest BCUT2D eigenvalue weighted by molar-refractivity contribution is 5.04. The first-order valence-corrected chi connectivity index (χ1v) is 6.63. The molecular formula is C13H26N4. The largest absolute Gasteiger partial charge is 0.314 e. The van der Waals surface area contributed by atoms with Gasteiger partial charge in [0.1, 0.15) is 12.2 Å². The molecule has 0 spiro atoms. The lowest BCUT2D eigenvalue weighted by molar-refractivity contribution is 0.357. The number of hydrogen-bond donors (Lipinski definition) is 1. The first kappa shape index (κ1) is 14.2. The third kappa shape index (κ3) is 3.80. The van der Waals surface area contributed by atoms with E-state index < -0.39 is 0 Å². The summed E-state index contributed by atoms with van der Waals surface area (Å²) < 4.78 is 2.04. The van der Waals surface area contributed by atoms with E-state index in [-0.39, 0.29) is 5.41 Å². The molecule has 0 saturated heterocycles. The van der Waals surface area contributed by atoms with Gasteiger partial charge in [-0.1, -0.05) is 27.7 Å². The molecule has 1 N–H and O–H groups in total. The second-order valence-electron chi connectivity index (χ2n) is 5.35. The van der Waals surface area contributed by atoms with Crippen molar-refractivity contribution in [1.29, 1.82) is 0 Å². The summed E-state index contributed by atoms with van der Waals surface area (Å²) in [6.07, 6.45) is 3.84. The summed E-state index contributed by atoms with van der Waals surface area (Å²) in [5.74, 6) is 1.10. The summed E-state index contributed by atoms with van der Waals surface area (Å²) in [4.78, 5) is 4.44. The third-order valence-corrected chi connectivity index (χ3v) is 3.03. The van der Waals surface area contributed by atoms with Crippen LogP contribution in [-0.2, 0) is 12.0 Å². The zero-order chi connectivity index (χ0) is 12.9. The summed E-state index contributed by atoms with van der Waals surface area (Å²) in [6, 6.07) is 0.502. The van der Waals surface area contributed by atoms with Crippen LogP contribution < -0.4 is 5.32 Å². The van der Waals surface area contributed by atoms with Crippen molar-refractivity contribution in [3.8, 4) is 0 Å². The maximum Gasteiger partial charge on any atom is 0.138 e. The van der Waals surface area contributed by atoms with E-state index in [0.29, 0.717) is 6.04 Å². The molecule has 17 heavy (non-hydrogen) atoms. The summed E-state index contributed by atoms with van der Waals surface area (Å²) in [7, 11) is 0. The van der Waals surface area contributed by atoms with Gasteiger partial charge in [-0.05, 0) is 26.3 Å². The number of nitrogens with one attached hydrogen (secondary N) is 1. The average molecular weight is 238 g/mol. The zero-order valence-electron chi connectivity index (χ0n) is 11.8. The Labute approximate surface area is 105 Å². The maximum atomic E-state index is 4.44. The summed E-state index contributed by atoms with van der Waals surface area (Å²) in [5, 5.41) is 7.77. The predicted molar refractivity (Wildman–Crippen MR) is 71.1 cm³/mol. The minimum Gasteiger partial charge on any atom is -0.314 e. The fraction of sp³-hybridized carbons (Fsp3) is 0.846. The molecule has 0 bridgehead atoms. The van der Waals surface area contributed by atoms with Gasteiger partial charge in [-0.3, -0.25) is 0 Å². The minimum absolute atomic E-state index is 0.0628. The maximum absolute atomic E-state index is 4.44. The average Bonchev–Trinajstić information content (AvgIpc) is 2.66. The molecule has 4 heteroatoms. The lowest BCUT2D eigenvalue weighted by Gasteiger charge is -2.27. The van der Waals surface area contributed by atoms with E-state index in [1.165, 1.54) is 0 Å². The number of aromatic nitrogens is 3. The van der Waals surface area contributed by atoms with Crippen LogP contribution in [0.25, 0.3) is 0 Å². The second-order valence-corrected chi connectivity index (χ2v) is 5.35. The molecule has 98 valence electrons. The molecule has 1 unspecified atom stereocenters. The van der Waals surface area contributed by atoms with Gasteiger partial charge in [-0.25, -0.2) is 9.67 Å². The molecule has 1 rings (SSSR count). The molecule has 0 radical (unpaired) electrons. The molecule has 0 aliphatic rings. The first-order valence-electron chi connectivity index (χ1n) is 6.63. The van der Waals surface area contributed by atoms with Crippen LogP contribution in [-0.4, -0.2) is 27.4 Å². The van der Waals surface area contributed by atoms with Crippen LogP contribution in [0.1, 0.15) is 53.3 Å². The van der Waals surface area contributed by atoms with Crippen molar-refractivity contribution < 1.29 is 0 Å². The molecule has 1 aromatic heterocycles. The highest BCUT2D eigenvalue weighted by Crippen LogP contribution is 2.26. The molecule has 0 saturated carbocycles. The fourth-order valence-electron chi connectivity index (χ4n) is 2.44. The van der Waals surface area contributed by atoms with Crippen molar-refractivity contribution in [1.82, 2.24) is 20.1 Å². The molecule has 1 heterocycles. The lowest BCUT2D eigenvalue weighted by Crippen LogP contribution is -2.35. The molecule has 0 aliphatic heterocycles. The van der Waals surface area contributed by atoms with Crippen molar-refractivity contribution >= 4 is 0 Å². The van der Waals surface area contributed by atoms with Gasteiger partial charge in [0.15, 0.2) is 0 Å².